The second-order valence-electron chi connectivity index (χ2n) is 7.90. The van der Waals surface area contributed by atoms with Crippen LogP contribution in [0.4, 0.5) is 5.69 Å². The van der Waals surface area contributed by atoms with Crippen LogP contribution in [0.25, 0.3) is 6.08 Å². The van der Waals surface area contributed by atoms with Crippen molar-refractivity contribution in [2.24, 2.45) is 0 Å². The second kappa shape index (κ2) is 10.4. The number of thioether (sulfide) groups is 1. The van der Waals surface area contributed by atoms with Crippen molar-refractivity contribution in [3.8, 4) is 0 Å². The number of benzene rings is 2. The minimum absolute atomic E-state index is 0.105. The summed E-state index contributed by atoms with van der Waals surface area (Å²) in [6.45, 7) is 4.61. The number of allylic oxidation sites excluding steroid dienone is 1. The van der Waals surface area contributed by atoms with Crippen LogP contribution in [0.3, 0.4) is 0 Å². The van der Waals surface area contributed by atoms with Crippen LogP contribution in [0.5, 0.6) is 0 Å². The molecule has 2 saturated heterocycles. The molecule has 33 heavy (non-hydrogen) atoms. The SMILES string of the molecule is Cc1ccc(C=CC(=O)c2ccc(N3C(=O)CC(SC(=S)N4CCOCC4)C3=O)cc2)cc1. The molecule has 1 unspecified atom stereocenters. The average Bonchev–Trinajstić information content (AvgIpc) is 3.11. The van der Waals surface area contributed by atoms with E-state index in [9.17, 15) is 14.4 Å². The molecule has 0 N–H and O–H groups in total. The lowest BCUT2D eigenvalue weighted by Crippen LogP contribution is -2.39. The van der Waals surface area contributed by atoms with E-state index in [1.54, 1.807) is 30.3 Å². The number of morpholine rings is 1. The quantitative estimate of drug-likeness (QED) is 0.279. The van der Waals surface area contributed by atoms with Crippen molar-refractivity contribution in [3.63, 3.8) is 0 Å². The minimum atomic E-state index is -0.536. The number of hydrogen-bond donors (Lipinski definition) is 0. The van der Waals surface area contributed by atoms with Crippen LogP contribution in [0, 0.1) is 6.92 Å². The maximum Gasteiger partial charge on any atom is 0.247 e. The zero-order valence-corrected chi connectivity index (χ0v) is 19.9. The third-order valence-electron chi connectivity index (χ3n) is 5.53. The Morgan fingerprint density at radius 1 is 1.06 bits per heavy atom. The van der Waals surface area contributed by atoms with Gasteiger partial charge in [0.2, 0.25) is 11.8 Å². The van der Waals surface area contributed by atoms with Crippen molar-refractivity contribution in [3.05, 3.63) is 71.3 Å². The van der Waals surface area contributed by atoms with Crippen molar-refractivity contribution < 1.29 is 19.1 Å². The molecule has 2 aromatic rings. The van der Waals surface area contributed by atoms with Crippen LogP contribution in [-0.4, -0.2) is 58.4 Å². The van der Waals surface area contributed by atoms with Gasteiger partial charge >= 0.3 is 0 Å². The molecule has 2 aliphatic heterocycles. The first kappa shape index (κ1) is 23.4. The number of anilines is 1. The fraction of sp³-hybridized carbons (Fsp3) is 0.280. The monoisotopic (exact) mass is 480 g/mol. The van der Waals surface area contributed by atoms with E-state index in [4.69, 9.17) is 17.0 Å². The highest BCUT2D eigenvalue weighted by Crippen LogP contribution is 2.31. The number of amides is 2. The standard InChI is InChI=1S/C25H24N2O4S2/c1-17-2-4-18(5-3-17)6-11-21(28)19-7-9-20(10-8-19)27-23(29)16-22(24(27)30)33-25(32)26-12-14-31-15-13-26/h2-11,22H,12-16H2,1H3. The Morgan fingerprint density at radius 2 is 1.73 bits per heavy atom. The molecule has 2 aliphatic rings. The Balaban J connectivity index is 1.39. The molecule has 0 spiro atoms. The van der Waals surface area contributed by atoms with Gasteiger partial charge in [0.15, 0.2) is 5.78 Å². The van der Waals surface area contributed by atoms with Crippen molar-refractivity contribution >= 4 is 57.7 Å². The lowest BCUT2D eigenvalue weighted by Gasteiger charge is -2.29. The van der Waals surface area contributed by atoms with E-state index in [1.165, 1.54) is 22.7 Å². The largest absolute Gasteiger partial charge is 0.378 e. The number of imide groups is 1. The highest BCUT2D eigenvalue weighted by atomic mass is 32.2. The lowest BCUT2D eigenvalue weighted by molar-refractivity contribution is -0.121. The number of hydrogen-bond acceptors (Lipinski definition) is 6. The molecule has 2 amide bonds. The van der Waals surface area contributed by atoms with Crippen LogP contribution >= 0.6 is 24.0 Å². The molecular weight excluding hydrogens is 456 g/mol. The number of thiocarbonyl (C=S) groups is 1. The van der Waals surface area contributed by atoms with Gasteiger partial charge in [0, 0.05) is 25.1 Å². The Morgan fingerprint density at radius 3 is 2.39 bits per heavy atom. The van der Waals surface area contributed by atoms with E-state index in [-0.39, 0.29) is 24.0 Å². The Kier molecular flexibility index (Phi) is 7.37. The third-order valence-corrected chi connectivity index (χ3v) is 7.19. The molecule has 170 valence electrons. The van der Waals surface area contributed by atoms with Crippen LogP contribution in [-0.2, 0) is 14.3 Å². The molecular formula is C25H24N2O4S2. The van der Waals surface area contributed by atoms with Crippen molar-refractivity contribution in [2.45, 2.75) is 18.6 Å². The topological polar surface area (TPSA) is 66.9 Å². The van der Waals surface area contributed by atoms with Gasteiger partial charge in [-0.15, -0.1) is 0 Å². The predicted molar refractivity (Wildman–Crippen MR) is 134 cm³/mol. The first-order valence-electron chi connectivity index (χ1n) is 10.7. The zero-order valence-electron chi connectivity index (χ0n) is 18.2. The van der Waals surface area contributed by atoms with Gasteiger partial charge in [-0.05, 0) is 42.8 Å². The summed E-state index contributed by atoms with van der Waals surface area (Å²) in [4.78, 5) is 41.2. The highest BCUT2D eigenvalue weighted by molar-refractivity contribution is 8.23. The summed E-state index contributed by atoms with van der Waals surface area (Å²) in [5, 5.41) is -0.536. The molecule has 2 heterocycles. The van der Waals surface area contributed by atoms with Gasteiger partial charge < -0.3 is 9.64 Å². The summed E-state index contributed by atoms with van der Waals surface area (Å²) in [5.41, 5.74) is 3.05. The van der Waals surface area contributed by atoms with Gasteiger partial charge in [-0.1, -0.05) is 59.9 Å². The van der Waals surface area contributed by atoms with Crippen LogP contribution < -0.4 is 4.90 Å². The van der Waals surface area contributed by atoms with Gasteiger partial charge in [-0.25, -0.2) is 4.90 Å². The summed E-state index contributed by atoms with van der Waals surface area (Å²) in [6, 6.07) is 14.4. The maximum atomic E-state index is 12.9. The molecule has 6 nitrogen and oxygen atoms in total. The number of rotatable bonds is 5. The van der Waals surface area contributed by atoms with Gasteiger partial charge in [-0.3, -0.25) is 14.4 Å². The molecule has 0 aliphatic carbocycles. The van der Waals surface area contributed by atoms with Crippen molar-refractivity contribution in [1.29, 1.82) is 0 Å². The molecule has 2 aromatic carbocycles. The summed E-state index contributed by atoms with van der Waals surface area (Å²) in [5.74, 6) is -0.690. The summed E-state index contributed by atoms with van der Waals surface area (Å²) >= 11 is 6.74. The van der Waals surface area contributed by atoms with E-state index in [0.717, 1.165) is 11.1 Å². The smallest absolute Gasteiger partial charge is 0.247 e. The van der Waals surface area contributed by atoms with Crippen molar-refractivity contribution in [2.75, 3.05) is 31.2 Å². The fourth-order valence-electron chi connectivity index (χ4n) is 3.63. The van der Waals surface area contributed by atoms with E-state index in [0.29, 0.717) is 41.9 Å². The molecule has 4 rings (SSSR count). The normalized spacial score (nSPS) is 18.9. The van der Waals surface area contributed by atoms with E-state index in [2.05, 4.69) is 0 Å². The van der Waals surface area contributed by atoms with Gasteiger partial charge in [0.25, 0.3) is 0 Å². The summed E-state index contributed by atoms with van der Waals surface area (Å²) in [6.07, 6.45) is 3.39. The molecule has 2 fully saturated rings. The number of carbonyl (C=O) groups is 3. The number of ether oxygens (including phenoxy) is 1. The van der Waals surface area contributed by atoms with Crippen LogP contribution in [0.15, 0.2) is 54.6 Å². The van der Waals surface area contributed by atoms with Gasteiger partial charge in [-0.2, -0.15) is 0 Å². The Labute approximate surface area is 202 Å². The van der Waals surface area contributed by atoms with Gasteiger partial charge in [0.1, 0.15) is 9.57 Å². The Bertz CT molecular complexity index is 1090. The first-order valence-corrected chi connectivity index (χ1v) is 12.0. The molecule has 0 radical (unpaired) electrons. The molecule has 8 heteroatoms. The first-order chi connectivity index (χ1) is 15.9. The number of aryl methyl sites for hydroxylation is 1. The average molecular weight is 481 g/mol. The third kappa shape index (κ3) is 5.58. The van der Waals surface area contributed by atoms with Crippen LogP contribution in [0.2, 0.25) is 0 Å². The van der Waals surface area contributed by atoms with E-state index >= 15 is 0 Å². The number of nitrogens with zero attached hydrogens (tertiary/aromatic N) is 2. The van der Waals surface area contributed by atoms with Crippen molar-refractivity contribution in [1.82, 2.24) is 4.90 Å². The molecule has 0 bridgehead atoms. The highest BCUT2D eigenvalue weighted by Gasteiger charge is 2.41. The second-order valence-corrected chi connectivity index (χ2v) is 9.74. The Hall–Kier alpha value is -2.81. The summed E-state index contributed by atoms with van der Waals surface area (Å²) in [7, 11) is 0. The summed E-state index contributed by atoms with van der Waals surface area (Å²) < 4.78 is 5.95. The van der Waals surface area contributed by atoms with Crippen LogP contribution in [0.1, 0.15) is 27.9 Å². The molecule has 0 saturated carbocycles. The maximum absolute atomic E-state index is 12.9. The predicted octanol–water partition coefficient (Wildman–Crippen LogP) is 3.87. The zero-order chi connectivity index (χ0) is 23.4. The van der Waals surface area contributed by atoms with E-state index < -0.39 is 5.25 Å². The lowest BCUT2D eigenvalue weighted by atomic mass is 10.1. The minimum Gasteiger partial charge on any atom is -0.378 e. The number of ketones is 1. The molecule has 0 aromatic heterocycles. The molecule has 1 atom stereocenters. The number of carbonyl (C=O) groups excluding carboxylic acids is 3. The van der Waals surface area contributed by atoms with E-state index in [1.807, 2.05) is 36.1 Å². The van der Waals surface area contributed by atoms with Gasteiger partial charge in [0.05, 0.1) is 18.9 Å². The fourth-order valence-corrected chi connectivity index (χ4v) is 5.17.